The molecule has 0 bridgehead atoms. The van der Waals surface area contributed by atoms with Gasteiger partial charge in [-0.25, -0.2) is 0 Å². The van der Waals surface area contributed by atoms with Gasteiger partial charge in [-0.15, -0.1) is 0 Å². The van der Waals surface area contributed by atoms with Crippen molar-refractivity contribution in [2.24, 2.45) is 5.92 Å². The number of pyridine rings is 1. The van der Waals surface area contributed by atoms with Gasteiger partial charge in [0.2, 0.25) is 5.91 Å². The first kappa shape index (κ1) is 18.8. The molecule has 1 aromatic heterocycles. The van der Waals surface area contributed by atoms with Crippen LogP contribution in [0.25, 0.3) is 10.9 Å². The number of rotatable bonds is 6. The van der Waals surface area contributed by atoms with Crippen molar-refractivity contribution in [3.05, 3.63) is 42.1 Å². The van der Waals surface area contributed by atoms with Gasteiger partial charge in [0.15, 0.2) is 0 Å². The van der Waals surface area contributed by atoms with E-state index in [2.05, 4.69) is 4.98 Å². The summed E-state index contributed by atoms with van der Waals surface area (Å²) in [6, 6.07) is 9.72. The van der Waals surface area contributed by atoms with Crippen molar-refractivity contribution in [2.45, 2.75) is 32.0 Å². The maximum absolute atomic E-state index is 12.9. The number of para-hydroxylation sites is 1. The Bertz CT molecular complexity index is 746. The van der Waals surface area contributed by atoms with Crippen molar-refractivity contribution in [3.8, 4) is 0 Å². The van der Waals surface area contributed by atoms with E-state index in [0.29, 0.717) is 19.7 Å². The highest BCUT2D eigenvalue weighted by Crippen LogP contribution is 2.20. The Morgan fingerprint density at radius 2 is 2.08 bits per heavy atom. The van der Waals surface area contributed by atoms with E-state index >= 15 is 0 Å². The van der Waals surface area contributed by atoms with Crippen LogP contribution in [0.1, 0.15) is 18.9 Å². The number of fused-ring (bicyclic) bond motifs is 1. The number of aliphatic hydroxyl groups is 2. The third-order valence-electron chi connectivity index (χ3n) is 4.86. The second-order valence-corrected chi connectivity index (χ2v) is 6.86. The first-order valence-electron chi connectivity index (χ1n) is 9.14. The minimum absolute atomic E-state index is 0.00253. The van der Waals surface area contributed by atoms with E-state index in [4.69, 9.17) is 4.74 Å². The van der Waals surface area contributed by atoms with E-state index in [0.717, 1.165) is 22.9 Å². The molecule has 2 aromatic rings. The van der Waals surface area contributed by atoms with Gasteiger partial charge >= 0.3 is 0 Å². The second kappa shape index (κ2) is 8.58. The van der Waals surface area contributed by atoms with Gasteiger partial charge in [0.1, 0.15) is 6.10 Å². The molecular weight excluding hydrogens is 332 g/mol. The Balaban J connectivity index is 1.74. The molecule has 0 radical (unpaired) electrons. The summed E-state index contributed by atoms with van der Waals surface area (Å²) >= 11 is 0. The fourth-order valence-corrected chi connectivity index (χ4v) is 3.47. The molecule has 0 unspecified atom stereocenters. The number of aromatic nitrogens is 1. The third-order valence-corrected chi connectivity index (χ3v) is 4.86. The van der Waals surface area contributed by atoms with E-state index in [1.54, 1.807) is 11.1 Å². The Labute approximate surface area is 153 Å². The van der Waals surface area contributed by atoms with E-state index in [9.17, 15) is 15.0 Å². The van der Waals surface area contributed by atoms with Gasteiger partial charge < -0.3 is 19.8 Å². The van der Waals surface area contributed by atoms with Crippen LogP contribution in [0.3, 0.4) is 0 Å². The predicted molar refractivity (Wildman–Crippen MR) is 98.6 cm³/mol. The van der Waals surface area contributed by atoms with Gasteiger partial charge in [-0.3, -0.25) is 9.78 Å². The van der Waals surface area contributed by atoms with Crippen LogP contribution in [0.5, 0.6) is 0 Å². The Morgan fingerprint density at radius 3 is 2.88 bits per heavy atom. The number of carbonyl (C=O) groups is 1. The monoisotopic (exact) mass is 358 g/mol. The summed E-state index contributed by atoms with van der Waals surface area (Å²) in [5.74, 6) is -0.280. The van der Waals surface area contributed by atoms with Gasteiger partial charge in [-0.1, -0.05) is 31.2 Å². The molecular formula is C20H26N2O4. The molecule has 1 aromatic carbocycles. The molecule has 3 rings (SSSR count). The van der Waals surface area contributed by atoms with Gasteiger partial charge in [0, 0.05) is 30.6 Å². The first-order chi connectivity index (χ1) is 12.6. The number of hydrogen-bond acceptors (Lipinski definition) is 5. The summed E-state index contributed by atoms with van der Waals surface area (Å²) in [5.41, 5.74) is 1.74. The summed E-state index contributed by atoms with van der Waals surface area (Å²) in [7, 11) is 0. The normalized spacial score (nSPS) is 23.1. The van der Waals surface area contributed by atoms with E-state index in [1.165, 1.54) is 0 Å². The molecule has 0 aliphatic carbocycles. The highest BCUT2D eigenvalue weighted by Gasteiger charge is 2.33. The molecule has 1 saturated heterocycles. The van der Waals surface area contributed by atoms with Crippen LogP contribution in [-0.2, 0) is 16.0 Å². The number of ether oxygens (including phenoxy) is 1. The van der Waals surface area contributed by atoms with Crippen molar-refractivity contribution >= 4 is 16.8 Å². The van der Waals surface area contributed by atoms with Crippen LogP contribution in [-0.4, -0.2) is 64.5 Å². The lowest BCUT2D eigenvalue weighted by molar-refractivity contribution is -0.141. The molecule has 3 atom stereocenters. The van der Waals surface area contributed by atoms with Crippen LogP contribution in [0.4, 0.5) is 0 Å². The average molecular weight is 358 g/mol. The molecule has 0 saturated carbocycles. The highest BCUT2D eigenvalue weighted by molar-refractivity contribution is 5.87. The first-order valence-corrected chi connectivity index (χ1v) is 9.14. The molecule has 1 fully saturated rings. The van der Waals surface area contributed by atoms with Crippen LogP contribution in [0.2, 0.25) is 0 Å². The fraction of sp³-hybridized carbons (Fsp3) is 0.500. The molecule has 2 heterocycles. The molecule has 2 N–H and O–H groups in total. The van der Waals surface area contributed by atoms with Crippen LogP contribution < -0.4 is 0 Å². The number of carbonyl (C=O) groups excluding carboxylic acids is 1. The maximum atomic E-state index is 12.9. The number of amides is 1. The number of nitrogens with zero attached hydrogens (tertiary/aromatic N) is 2. The topological polar surface area (TPSA) is 82.9 Å². The van der Waals surface area contributed by atoms with Crippen molar-refractivity contribution in [2.75, 3.05) is 26.3 Å². The maximum Gasteiger partial charge on any atom is 0.227 e. The third kappa shape index (κ3) is 4.20. The largest absolute Gasteiger partial charge is 0.390 e. The molecule has 1 aliphatic rings. The van der Waals surface area contributed by atoms with E-state index in [1.807, 2.05) is 37.3 Å². The molecule has 0 spiro atoms. The molecule has 140 valence electrons. The SMILES string of the molecule is CCCN(C[C@@H]1COC[C@@H](O)[C@H]1O)C(=O)Cc1cccc2cccnc12. The minimum Gasteiger partial charge on any atom is -0.390 e. The Kier molecular flexibility index (Phi) is 6.19. The zero-order valence-corrected chi connectivity index (χ0v) is 15.0. The van der Waals surface area contributed by atoms with Crippen LogP contribution >= 0.6 is 0 Å². The zero-order valence-electron chi connectivity index (χ0n) is 15.0. The fourth-order valence-electron chi connectivity index (χ4n) is 3.47. The van der Waals surface area contributed by atoms with Gasteiger partial charge in [0.25, 0.3) is 0 Å². The van der Waals surface area contributed by atoms with Crippen molar-refractivity contribution in [1.82, 2.24) is 9.88 Å². The minimum atomic E-state index is -0.894. The smallest absolute Gasteiger partial charge is 0.227 e. The summed E-state index contributed by atoms with van der Waals surface area (Å²) in [6.45, 7) is 3.49. The lowest BCUT2D eigenvalue weighted by Gasteiger charge is -2.35. The highest BCUT2D eigenvalue weighted by atomic mass is 16.5. The predicted octanol–water partition coefficient (Wildman–Crippen LogP) is 1.38. The van der Waals surface area contributed by atoms with Crippen LogP contribution in [0.15, 0.2) is 36.5 Å². The summed E-state index contributed by atoms with van der Waals surface area (Å²) in [4.78, 5) is 19.1. The number of hydrogen-bond donors (Lipinski definition) is 2. The second-order valence-electron chi connectivity index (χ2n) is 6.86. The van der Waals surface area contributed by atoms with Crippen LogP contribution in [0, 0.1) is 5.92 Å². The van der Waals surface area contributed by atoms with Gasteiger partial charge in [-0.05, 0) is 18.1 Å². The van der Waals surface area contributed by atoms with Crippen molar-refractivity contribution in [3.63, 3.8) is 0 Å². The summed E-state index contributed by atoms with van der Waals surface area (Å²) in [6.07, 6.45) is 1.06. The Hall–Kier alpha value is -2.02. The summed E-state index contributed by atoms with van der Waals surface area (Å²) in [5, 5.41) is 21.0. The zero-order chi connectivity index (χ0) is 18.5. The Morgan fingerprint density at radius 1 is 1.27 bits per heavy atom. The molecule has 1 amide bonds. The lowest BCUT2D eigenvalue weighted by atomic mass is 9.95. The quantitative estimate of drug-likeness (QED) is 0.815. The lowest BCUT2D eigenvalue weighted by Crippen LogP contribution is -2.50. The molecule has 6 nitrogen and oxygen atoms in total. The summed E-state index contributed by atoms with van der Waals surface area (Å²) < 4.78 is 5.34. The van der Waals surface area contributed by atoms with Gasteiger partial charge in [-0.2, -0.15) is 0 Å². The average Bonchev–Trinajstić information content (AvgIpc) is 2.65. The molecule has 26 heavy (non-hydrogen) atoms. The standard InChI is InChI=1S/C20H26N2O4/c1-2-9-22(11-16-12-26-13-17(23)20(16)25)18(24)10-15-6-3-5-14-7-4-8-21-19(14)15/h3-8,16-17,20,23,25H,2,9-13H2,1H3/t16-,17-,20+/m1/s1. The number of benzene rings is 1. The van der Waals surface area contributed by atoms with Crippen molar-refractivity contribution < 1.29 is 19.7 Å². The van der Waals surface area contributed by atoms with Gasteiger partial charge in [0.05, 0.1) is 31.3 Å². The number of aliphatic hydroxyl groups excluding tert-OH is 2. The van der Waals surface area contributed by atoms with Crippen molar-refractivity contribution in [1.29, 1.82) is 0 Å². The van der Waals surface area contributed by atoms with E-state index in [-0.39, 0.29) is 24.9 Å². The molecule has 1 aliphatic heterocycles. The van der Waals surface area contributed by atoms with E-state index < -0.39 is 12.2 Å². The molecule has 6 heteroatoms.